The summed E-state index contributed by atoms with van der Waals surface area (Å²) < 4.78 is 27.1. The Hall–Kier alpha value is -1.70. The maximum Gasteiger partial charge on any atom is 0.251 e. The quantitative estimate of drug-likeness (QED) is 0.736. The van der Waals surface area contributed by atoms with Crippen LogP contribution in [0.3, 0.4) is 0 Å². The highest BCUT2D eigenvalue weighted by molar-refractivity contribution is 9.10. The topological polar surface area (TPSA) is 43.7 Å². The van der Waals surface area contributed by atoms with Crippen molar-refractivity contribution in [2.75, 3.05) is 32.8 Å². The molecule has 0 bridgehead atoms. The minimum Gasteiger partial charge on any atom is -0.454 e. The first-order valence-corrected chi connectivity index (χ1v) is 9.38. The van der Waals surface area contributed by atoms with Crippen molar-refractivity contribution < 1.29 is 13.9 Å². The van der Waals surface area contributed by atoms with Gasteiger partial charge in [-0.05, 0) is 53.0 Å². The van der Waals surface area contributed by atoms with E-state index in [1.165, 1.54) is 18.2 Å². The second kappa shape index (κ2) is 8.33. The molecule has 1 fully saturated rings. The smallest absolute Gasteiger partial charge is 0.251 e. The second-order valence-corrected chi connectivity index (χ2v) is 7.30. The minimum absolute atomic E-state index is 0.0926. The Morgan fingerprint density at radius 3 is 2.46 bits per heavy atom. The lowest BCUT2D eigenvalue weighted by atomic mass is 10.1. The molecule has 26 heavy (non-hydrogen) atoms. The molecule has 140 valence electrons. The number of ether oxygens (including phenoxy) is 2. The summed E-state index contributed by atoms with van der Waals surface area (Å²) in [5.74, 6) is 0.844. The number of hydrogen-bond acceptors (Lipinski definition) is 4. The van der Waals surface area contributed by atoms with Crippen molar-refractivity contribution in [3.8, 4) is 11.5 Å². The van der Waals surface area contributed by atoms with Crippen molar-refractivity contribution in [3.63, 3.8) is 0 Å². The Bertz CT molecular complexity index is 824. The molecule has 1 saturated heterocycles. The number of pyridine rings is 1. The van der Waals surface area contributed by atoms with Crippen molar-refractivity contribution in [3.05, 3.63) is 56.2 Å². The van der Waals surface area contributed by atoms with Gasteiger partial charge < -0.3 is 14.0 Å². The number of hydrogen-bond donors (Lipinski definition) is 0. The fourth-order valence-electron chi connectivity index (χ4n) is 3.02. The normalized spacial score (nSPS) is 15.2. The van der Waals surface area contributed by atoms with E-state index in [2.05, 4.69) is 20.8 Å². The Labute approximate surface area is 160 Å². The predicted octanol–water partition coefficient (Wildman–Crippen LogP) is 3.49. The molecule has 5 nitrogen and oxygen atoms in total. The highest BCUT2D eigenvalue weighted by Crippen LogP contribution is 2.33. The van der Waals surface area contributed by atoms with Gasteiger partial charge in [0.2, 0.25) is 0 Å². The maximum atomic E-state index is 13.5. The molecular formula is C19H22BrFN2O3. The van der Waals surface area contributed by atoms with Crippen LogP contribution in [0, 0.1) is 19.7 Å². The van der Waals surface area contributed by atoms with Crippen LogP contribution in [0.25, 0.3) is 0 Å². The molecule has 0 radical (unpaired) electrons. The molecule has 0 saturated carbocycles. The number of morpholine rings is 1. The van der Waals surface area contributed by atoms with Crippen LogP contribution in [0.5, 0.6) is 11.5 Å². The van der Waals surface area contributed by atoms with E-state index >= 15 is 0 Å². The highest BCUT2D eigenvalue weighted by Gasteiger charge is 2.14. The van der Waals surface area contributed by atoms with Gasteiger partial charge in [-0.2, -0.15) is 0 Å². The Kier molecular flexibility index (Phi) is 6.11. The predicted molar refractivity (Wildman–Crippen MR) is 102 cm³/mol. The summed E-state index contributed by atoms with van der Waals surface area (Å²) >= 11 is 3.39. The summed E-state index contributed by atoms with van der Waals surface area (Å²) in [7, 11) is 0. The molecule has 1 aromatic heterocycles. The Morgan fingerprint density at radius 2 is 1.81 bits per heavy atom. The van der Waals surface area contributed by atoms with Gasteiger partial charge in [-0.15, -0.1) is 0 Å². The van der Waals surface area contributed by atoms with Crippen LogP contribution in [0.15, 0.2) is 33.7 Å². The summed E-state index contributed by atoms with van der Waals surface area (Å²) in [5.41, 5.74) is 1.32. The molecule has 0 spiro atoms. The average Bonchev–Trinajstić information content (AvgIpc) is 2.59. The van der Waals surface area contributed by atoms with E-state index < -0.39 is 0 Å². The third kappa shape index (κ3) is 4.52. The van der Waals surface area contributed by atoms with E-state index in [4.69, 9.17) is 9.47 Å². The van der Waals surface area contributed by atoms with E-state index in [9.17, 15) is 9.18 Å². The van der Waals surface area contributed by atoms with Gasteiger partial charge >= 0.3 is 0 Å². The minimum atomic E-state index is -0.290. The number of benzene rings is 1. The van der Waals surface area contributed by atoms with Gasteiger partial charge in [0, 0.05) is 32.2 Å². The van der Waals surface area contributed by atoms with Crippen molar-refractivity contribution in [1.29, 1.82) is 0 Å². The van der Waals surface area contributed by atoms with Gasteiger partial charge in [0.05, 0.1) is 23.9 Å². The van der Waals surface area contributed by atoms with Crippen LogP contribution in [0.1, 0.15) is 11.1 Å². The zero-order chi connectivity index (χ0) is 18.7. The largest absolute Gasteiger partial charge is 0.454 e. The Balaban J connectivity index is 1.80. The van der Waals surface area contributed by atoms with E-state index in [1.54, 1.807) is 24.6 Å². The molecule has 3 rings (SSSR count). The lowest BCUT2D eigenvalue weighted by Gasteiger charge is -2.26. The molecular weight excluding hydrogens is 403 g/mol. The van der Waals surface area contributed by atoms with Gasteiger partial charge in [0.1, 0.15) is 11.6 Å². The third-order valence-electron chi connectivity index (χ3n) is 4.44. The summed E-state index contributed by atoms with van der Waals surface area (Å²) in [4.78, 5) is 14.6. The van der Waals surface area contributed by atoms with E-state index in [-0.39, 0.29) is 11.4 Å². The molecule has 1 aliphatic rings. The molecule has 1 aromatic carbocycles. The zero-order valence-electron chi connectivity index (χ0n) is 14.9. The summed E-state index contributed by atoms with van der Waals surface area (Å²) in [6.07, 6.45) is 1.70. The SMILES string of the molecule is Cc1cc(F)cc(C)c1Oc1cn(CCN2CCOCC2)c(=O)cc1Br. The van der Waals surface area contributed by atoms with Crippen LogP contribution >= 0.6 is 15.9 Å². The highest BCUT2D eigenvalue weighted by atomic mass is 79.9. The first-order chi connectivity index (χ1) is 12.4. The van der Waals surface area contributed by atoms with Gasteiger partial charge in [-0.3, -0.25) is 9.69 Å². The van der Waals surface area contributed by atoms with Gasteiger partial charge in [0.15, 0.2) is 5.75 Å². The monoisotopic (exact) mass is 424 g/mol. The number of aryl methyl sites for hydroxylation is 2. The summed E-state index contributed by atoms with van der Waals surface area (Å²) in [5, 5.41) is 0. The van der Waals surface area contributed by atoms with Gasteiger partial charge in [0.25, 0.3) is 5.56 Å². The summed E-state index contributed by atoms with van der Waals surface area (Å²) in [6, 6.07) is 4.37. The van der Waals surface area contributed by atoms with Crippen molar-refractivity contribution in [2.45, 2.75) is 20.4 Å². The van der Waals surface area contributed by atoms with E-state index in [0.29, 0.717) is 33.6 Å². The van der Waals surface area contributed by atoms with E-state index in [1.807, 2.05) is 0 Å². The van der Waals surface area contributed by atoms with Gasteiger partial charge in [-0.1, -0.05) is 0 Å². The lowest BCUT2D eigenvalue weighted by molar-refractivity contribution is 0.0362. The number of rotatable bonds is 5. The molecule has 0 unspecified atom stereocenters. The molecule has 0 N–H and O–H groups in total. The van der Waals surface area contributed by atoms with Crippen molar-refractivity contribution in [2.24, 2.45) is 0 Å². The van der Waals surface area contributed by atoms with Crippen LogP contribution in [0.2, 0.25) is 0 Å². The first kappa shape index (κ1) is 19.1. The fourth-order valence-corrected chi connectivity index (χ4v) is 3.40. The fraction of sp³-hybridized carbons (Fsp3) is 0.421. The first-order valence-electron chi connectivity index (χ1n) is 8.59. The Morgan fingerprint density at radius 1 is 1.15 bits per heavy atom. The maximum absolute atomic E-state index is 13.5. The van der Waals surface area contributed by atoms with Crippen LogP contribution < -0.4 is 10.3 Å². The zero-order valence-corrected chi connectivity index (χ0v) is 16.5. The van der Waals surface area contributed by atoms with Crippen LogP contribution in [-0.2, 0) is 11.3 Å². The van der Waals surface area contributed by atoms with Crippen LogP contribution in [0.4, 0.5) is 4.39 Å². The number of aromatic nitrogens is 1. The molecule has 0 aliphatic carbocycles. The standard InChI is InChI=1S/C19H22BrFN2O3/c1-13-9-15(21)10-14(2)19(13)26-17-12-23(18(24)11-16(17)20)4-3-22-5-7-25-8-6-22/h9-12H,3-8H2,1-2H3. The molecule has 0 amide bonds. The molecule has 7 heteroatoms. The number of nitrogens with zero attached hydrogens (tertiary/aromatic N) is 2. The third-order valence-corrected chi connectivity index (χ3v) is 5.06. The average molecular weight is 425 g/mol. The summed E-state index contributed by atoms with van der Waals surface area (Å²) in [6.45, 7) is 8.16. The molecule has 0 atom stereocenters. The number of halogens is 2. The van der Waals surface area contributed by atoms with E-state index in [0.717, 1.165) is 32.8 Å². The second-order valence-electron chi connectivity index (χ2n) is 6.44. The van der Waals surface area contributed by atoms with Crippen LogP contribution in [-0.4, -0.2) is 42.3 Å². The molecule has 2 heterocycles. The van der Waals surface area contributed by atoms with Crippen molar-refractivity contribution >= 4 is 15.9 Å². The van der Waals surface area contributed by atoms with Crippen molar-refractivity contribution in [1.82, 2.24) is 9.47 Å². The lowest BCUT2D eigenvalue weighted by Crippen LogP contribution is -2.39. The molecule has 2 aromatic rings. The van der Waals surface area contributed by atoms with Gasteiger partial charge in [-0.25, -0.2) is 4.39 Å². The molecule has 1 aliphatic heterocycles.